The van der Waals surface area contributed by atoms with Gasteiger partial charge < -0.3 is 29.5 Å². The molecule has 2 saturated heterocycles. The largest absolute Gasteiger partial charge is 0.454 e. The van der Waals surface area contributed by atoms with Gasteiger partial charge in [0.15, 0.2) is 23.6 Å². The molecule has 0 amide bonds. The average Bonchev–Trinajstić information content (AvgIpc) is 3.26. The number of esters is 1. The third-order valence-corrected chi connectivity index (χ3v) is 9.16. The maximum atomic E-state index is 13.8. The molecule has 4 rings (SSSR count). The van der Waals surface area contributed by atoms with Crippen molar-refractivity contribution in [3.05, 3.63) is 12.7 Å². The second-order valence-corrected chi connectivity index (χ2v) is 11.7. The van der Waals surface area contributed by atoms with Gasteiger partial charge in [0.2, 0.25) is 0 Å². The molecule has 0 bridgehead atoms. The van der Waals surface area contributed by atoms with Crippen LogP contribution in [-0.4, -0.2) is 74.9 Å². The summed E-state index contributed by atoms with van der Waals surface area (Å²) in [6.45, 7) is 12.9. The number of Topliss-reactive ketones (excluding diaryl/α,β-unsaturated/α-hetero) is 1. The molecule has 2 saturated carbocycles. The molecule has 0 radical (unpaired) electrons. The second kappa shape index (κ2) is 7.59. The molecule has 33 heavy (non-hydrogen) atoms. The first kappa shape index (κ1) is 24.8. The van der Waals surface area contributed by atoms with Gasteiger partial charge in [0, 0.05) is 24.4 Å². The lowest BCUT2D eigenvalue weighted by molar-refractivity contribution is -0.371. The van der Waals surface area contributed by atoms with Crippen molar-refractivity contribution < 1.29 is 39.1 Å². The Bertz CT molecular complexity index is 849. The van der Waals surface area contributed by atoms with Crippen LogP contribution in [-0.2, 0) is 23.8 Å². The molecule has 4 fully saturated rings. The van der Waals surface area contributed by atoms with Crippen molar-refractivity contribution in [1.82, 2.24) is 0 Å². The van der Waals surface area contributed by atoms with E-state index in [9.17, 15) is 24.9 Å². The fourth-order valence-corrected chi connectivity index (χ4v) is 7.44. The summed E-state index contributed by atoms with van der Waals surface area (Å²) in [6.07, 6.45) is -1.00. The van der Waals surface area contributed by atoms with E-state index in [1.165, 1.54) is 13.0 Å². The Morgan fingerprint density at radius 3 is 2.42 bits per heavy atom. The van der Waals surface area contributed by atoms with Crippen molar-refractivity contribution >= 4 is 11.8 Å². The quantitative estimate of drug-likeness (QED) is 0.424. The van der Waals surface area contributed by atoms with Gasteiger partial charge in [0.1, 0.15) is 5.60 Å². The highest BCUT2D eigenvalue weighted by atomic mass is 16.6. The Morgan fingerprint density at radius 1 is 1.18 bits per heavy atom. The first-order valence-corrected chi connectivity index (χ1v) is 12.0. The third-order valence-electron chi connectivity index (χ3n) is 9.16. The molecule has 4 aliphatic rings. The molecule has 8 nitrogen and oxygen atoms in total. The number of carbonyl (C=O) groups is 2. The summed E-state index contributed by atoms with van der Waals surface area (Å²) in [7, 11) is 0. The molecule has 0 spiro atoms. The van der Waals surface area contributed by atoms with Crippen LogP contribution < -0.4 is 0 Å². The van der Waals surface area contributed by atoms with Crippen LogP contribution in [0.2, 0.25) is 0 Å². The van der Waals surface area contributed by atoms with Crippen molar-refractivity contribution in [2.24, 2.45) is 16.7 Å². The summed E-state index contributed by atoms with van der Waals surface area (Å²) in [5.41, 5.74) is -7.19. The molecule has 0 aromatic carbocycles. The van der Waals surface area contributed by atoms with Gasteiger partial charge in [-0.1, -0.05) is 26.8 Å². The molecule has 2 aliphatic carbocycles. The van der Waals surface area contributed by atoms with Gasteiger partial charge in [-0.25, -0.2) is 4.79 Å². The predicted octanol–water partition coefficient (Wildman–Crippen LogP) is 1.68. The van der Waals surface area contributed by atoms with E-state index in [0.29, 0.717) is 25.9 Å². The zero-order chi connectivity index (χ0) is 24.6. The van der Waals surface area contributed by atoms with Crippen LogP contribution in [0.3, 0.4) is 0 Å². The Labute approximate surface area is 195 Å². The number of aliphatic hydroxyl groups is 3. The van der Waals surface area contributed by atoms with Crippen molar-refractivity contribution in [2.45, 2.75) is 108 Å². The van der Waals surface area contributed by atoms with Gasteiger partial charge in [-0.05, 0) is 44.9 Å². The van der Waals surface area contributed by atoms with E-state index in [1.54, 1.807) is 13.8 Å². The van der Waals surface area contributed by atoms with E-state index >= 15 is 0 Å². The van der Waals surface area contributed by atoms with Gasteiger partial charge >= 0.3 is 5.97 Å². The van der Waals surface area contributed by atoms with Crippen molar-refractivity contribution in [3.63, 3.8) is 0 Å². The lowest BCUT2D eigenvalue weighted by Gasteiger charge is -2.71. The Morgan fingerprint density at radius 2 is 1.85 bits per heavy atom. The van der Waals surface area contributed by atoms with Gasteiger partial charge in [-0.15, -0.1) is 6.58 Å². The van der Waals surface area contributed by atoms with Crippen LogP contribution in [0.25, 0.3) is 0 Å². The summed E-state index contributed by atoms with van der Waals surface area (Å²) < 4.78 is 17.7. The van der Waals surface area contributed by atoms with E-state index in [4.69, 9.17) is 14.2 Å². The summed E-state index contributed by atoms with van der Waals surface area (Å²) in [6, 6.07) is 0. The van der Waals surface area contributed by atoms with Crippen LogP contribution in [0.15, 0.2) is 12.7 Å². The Balaban J connectivity index is 1.90. The summed E-state index contributed by atoms with van der Waals surface area (Å²) in [4.78, 5) is 26.8. The van der Waals surface area contributed by atoms with Crippen LogP contribution in [0, 0.1) is 16.7 Å². The molecule has 0 aromatic rings. The maximum absolute atomic E-state index is 13.8. The smallest absolute Gasteiger partial charge is 0.335 e. The molecule has 8 heteroatoms. The number of hydrogen-bond donors (Lipinski definition) is 3. The van der Waals surface area contributed by atoms with Crippen LogP contribution in [0.1, 0.15) is 66.7 Å². The third kappa shape index (κ3) is 3.14. The van der Waals surface area contributed by atoms with E-state index < -0.39 is 69.7 Å². The minimum absolute atomic E-state index is 0.152. The molecule has 9 atom stereocenters. The summed E-state index contributed by atoms with van der Waals surface area (Å²) in [5, 5.41) is 35.4. The number of fused-ring (bicyclic) bond motifs is 3. The lowest BCUT2D eigenvalue weighted by atomic mass is 9.40. The SMILES string of the molecule is C=C[C@@]1(C)CC(=O)[C@]2(O)[C@@]3(C)[C@@H](O)CCC(C)(C)[C@@H]3[C@H](O)[C@H](OC(=O)C3CCCO3)[C@@]2(C)O1. The van der Waals surface area contributed by atoms with Crippen molar-refractivity contribution in [2.75, 3.05) is 6.61 Å². The van der Waals surface area contributed by atoms with E-state index in [0.717, 1.165) is 6.42 Å². The zero-order valence-corrected chi connectivity index (χ0v) is 20.3. The fraction of sp³-hybridized carbons (Fsp3) is 0.840. The highest BCUT2D eigenvalue weighted by molar-refractivity contribution is 5.92. The first-order valence-electron chi connectivity index (χ1n) is 12.0. The summed E-state index contributed by atoms with van der Waals surface area (Å²) >= 11 is 0. The Hall–Kier alpha value is -1.32. The minimum Gasteiger partial charge on any atom is -0.454 e. The van der Waals surface area contributed by atoms with Crippen molar-refractivity contribution in [1.29, 1.82) is 0 Å². The molecule has 1 unspecified atom stereocenters. The number of ketones is 1. The first-order chi connectivity index (χ1) is 15.2. The van der Waals surface area contributed by atoms with Crippen molar-refractivity contribution in [3.8, 4) is 0 Å². The topological polar surface area (TPSA) is 123 Å². The number of carbonyl (C=O) groups excluding carboxylic acids is 2. The monoisotopic (exact) mass is 466 g/mol. The molecular formula is C25H38O8. The van der Waals surface area contributed by atoms with Crippen LogP contribution in [0.5, 0.6) is 0 Å². The molecule has 0 aromatic heterocycles. The molecule has 3 N–H and O–H groups in total. The maximum Gasteiger partial charge on any atom is 0.335 e. The van der Waals surface area contributed by atoms with Gasteiger partial charge in [0.05, 0.1) is 17.8 Å². The lowest BCUT2D eigenvalue weighted by Crippen LogP contribution is -2.86. The molecule has 2 aliphatic heterocycles. The zero-order valence-electron chi connectivity index (χ0n) is 20.3. The van der Waals surface area contributed by atoms with Crippen LogP contribution in [0.4, 0.5) is 0 Å². The van der Waals surface area contributed by atoms with E-state index in [2.05, 4.69) is 6.58 Å². The van der Waals surface area contributed by atoms with E-state index in [-0.39, 0.29) is 6.42 Å². The standard InChI is InChI=1S/C25H38O8/c1-7-22(4)13-16(27)25(30)23(5)15(26)10-11-21(2,3)18(23)17(28)19(24(25,6)33-22)32-20(29)14-9-8-12-31-14/h7,14-15,17-19,26,28,30H,1,8-13H2,2-6H3/t14?,15-,17-,18-,19-,22-,23-,24+,25-/m0/s1. The van der Waals surface area contributed by atoms with E-state index in [1.807, 2.05) is 13.8 Å². The van der Waals surface area contributed by atoms with Gasteiger partial charge in [-0.2, -0.15) is 0 Å². The highest BCUT2D eigenvalue weighted by Crippen LogP contribution is 2.67. The Kier molecular flexibility index (Phi) is 5.70. The highest BCUT2D eigenvalue weighted by Gasteiger charge is 2.81. The number of hydrogen-bond acceptors (Lipinski definition) is 8. The minimum atomic E-state index is -2.22. The number of ether oxygens (including phenoxy) is 3. The number of aliphatic hydroxyl groups excluding tert-OH is 2. The molecule has 2 heterocycles. The molecular weight excluding hydrogens is 428 g/mol. The second-order valence-electron chi connectivity index (χ2n) is 11.7. The predicted molar refractivity (Wildman–Crippen MR) is 118 cm³/mol. The fourth-order valence-electron chi connectivity index (χ4n) is 7.44. The average molecular weight is 467 g/mol. The van der Waals surface area contributed by atoms with Gasteiger partial charge in [0.25, 0.3) is 0 Å². The normalized spacial score (nSPS) is 51.4. The van der Waals surface area contributed by atoms with Crippen LogP contribution >= 0.6 is 0 Å². The van der Waals surface area contributed by atoms with Gasteiger partial charge in [-0.3, -0.25) is 4.79 Å². The summed E-state index contributed by atoms with van der Waals surface area (Å²) in [5.74, 6) is -1.91. The number of rotatable bonds is 3. The molecule has 186 valence electrons.